The number of fused-ring (bicyclic) bond motifs is 1. The largest absolute Gasteiger partial charge is 0.350 e. The minimum absolute atomic E-state index is 0.0729. The maximum Gasteiger partial charge on any atom is 0.255 e. The van der Waals surface area contributed by atoms with Crippen LogP contribution in [0.2, 0.25) is 0 Å². The number of rotatable bonds is 5. The topological polar surface area (TPSA) is 67.5 Å². The predicted molar refractivity (Wildman–Crippen MR) is 147 cm³/mol. The summed E-state index contributed by atoms with van der Waals surface area (Å²) in [5.74, 6) is -0.0729. The molecule has 0 saturated carbocycles. The van der Waals surface area contributed by atoms with Gasteiger partial charge in [0.05, 0.1) is 16.9 Å². The van der Waals surface area contributed by atoms with Crippen LogP contribution in [-0.4, -0.2) is 66.2 Å². The van der Waals surface area contributed by atoms with Gasteiger partial charge >= 0.3 is 0 Å². The summed E-state index contributed by atoms with van der Waals surface area (Å²) in [5.41, 5.74) is 8.04. The standard InChI is InChI=1S/C30H32N6O/c1-34-14-16-36(17-15-34)20-21-10-12-22(13-11-21)23-6-5-7-24(18-23)28-26(19-31-33-28)29-32-30(37)25-8-3-4-9-27(25)35(29)2/h3-13,18-19,29H,14-17,20H2,1-2H3,(H,31,33)(H,32,37). The number of hydrogen-bond donors (Lipinski definition) is 2. The van der Waals surface area contributed by atoms with Gasteiger partial charge in [-0.3, -0.25) is 14.8 Å². The molecule has 6 rings (SSSR count). The van der Waals surface area contributed by atoms with Crippen LogP contribution in [0.25, 0.3) is 22.4 Å². The second-order valence-electron chi connectivity index (χ2n) is 10.1. The van der Waals surface area contributed by atoms with E-state index in [2.05, 4.69) is 85.8 Å². The molecular weight excluding hydrogens is 460 g/mol. The van der Waals surface area contributed by atoms with Crippen LogP contribution in [0.5, 0.6) is 0 Å². The zero-order chi connectivity index (χ0) is 25.4. The fraction of sp³-hybridized carbons (Fsp3) is 0.267. The number of likely N-dealkylation sites (N-methyl/N-ethyl adjacent to an activating group) is 1. The van der Waals surface area contributed by atoms with Gasteiger partial charge in [-0.1, -0.05) is 54.6 Å². The normalized spacial score (nSPS) is 18.5. The number of benzene rings is 3. The fourth-order valence-corrected chi connectivity index (χ4v) is 5.35. The lowest BCUT2D eigenvalue weighted by atomic mass is 9.97. The zero-order valence-corrected chi connectivity index (χ0v) is 21.3. The highest BCUT2D eigenvalue weighted by atomic mass is 16.2. The maximum absolute atomic E-state index is 12.8. The molecular formula is C30H32N6O. The molecule has 1 amide bonds. The number of aromatic amines is 1. The van der Waals surface area contributed by atoms with E-state index in [9.17, 15) is 4.79 Å². The number of H-pyrrole nitrogens is 1. The predicted octanol–water partition coefficient (Wildman–Crippen LogP) is 4.37. The molecule has 0 aliphatic carbocycles. The number of carbonyl (C=O) groups excluding carboxylic acids is 1. The number of anilines is 1. The smallest absolute Gasteiger partial charge is 0.255 e. The summed E-state index contributed by atoms with van der Waals surface area (Å²) in [6.07, 6.45) is 1.57. The molecule has 2 aliphatic heterocycles. The van der Waals surface area contributed by atoms with Crippen molar-refractivity contribution in [3.63, 3.8) is 0 Å². The van der Waals surface area contributed by atoms with Gasteiger partial charge in [-0.05, 0) is 41.9 Å². The minimum atomic E-state index is -0.311. The van der Waals surface area contributed by atoms with Crippen molar-refractivity contribution in [3.05, 3.63) is 95.7 Å². The third-order valence-corrected chi connectivity index (χ3v) is 7.57. The number of para-hydroxylation sites is 1. The van der Waals surface area contributed by atoms with Gasteiger partial charge in [0.15, 0.2) is 0 Å². The van der Waals surface area contributed by atoms with Crippen molar-refractivity contribution in [2.45, 2.75) is 12.7 Å². The number of carbonyl (C=O) groups is 1. The van der Waals surface area contributed by atoms with Gasteiger partial charge < -0.3 is 15.1 Å². The summed E-state index contributed by atoms with van der Waals surface area (Å²) in [4.78, 5) is 19.8. The van der Waals surface area contributed by atoms with Crippen LogP contribution >= 0.6 is 0 Å². The van der Waals surface area contributed by atoms with Gasteiger partial charge in [0, 0.05) is 57.1 Å². The first-order valence-electron chi connectivity index (χ1n) is 12.8. The number of nitrogens with zero attached hydrogens (tertiary/aromatic N) is 4. The fourth-order valence-electron chi connectivity index (χ4n) is 5.35. The molecule has 0 bridgehead atoms. The third-order valence-electron chi connectivity index (χ3n) is 7.57. The molecule has 7 heteroatoms. The van der Waals surface area contributed by atoms with Crippen LogP contribution in [0, 0.1) is 0 Å². The molecule has 1 unspecified atom stereocenters. The Hall–Kier alpha value is -3.94. The van der Waals surface area contributed by atoms with Crippen LogP contribution in [0.4, 0.5) is 5.69 Å². The van der Waals surface area contributed by atoms with E-state index in [1.165, 1.54) is 11.1 Å². The molecule has 3 aromatic carbocycles. The van der Waals surface area contributed by atoms with Crippen LogP contribution in [-0.2, 0) is 6.54 Å². The molecule has 1 fully saturated rings. The average Bonchev–Trinajstić information content (AvgIpc) is 3.42. The summed E-state index contributed by atoms with van der Waals surface area (Å²) in [6.45, 7) is 5.50. The van der Waals surface area contributed by atoms with Gasteiger partial charge in [-0.2, -0.15) is 5.10 Å². The van der Waals surface area contributed by atoms with Crippen LogP contribution in [0.3, 0.4) is 0 Å². The molecule has 1 atom stereocenters. The molecule has 3 heterocycles. The van der Waals surface area contributed by atoms with E-state index in [1.807, 2.05) is 37.5 Å². The van der Waals surface area contributed by atoms with E-state index in [1.54, 1.807) is 0 Å². The first-order valence-corrected chi connectivity index (χ1v) is 12.8. The molecule has 1 saturated heterocycles. The third kappa shape index (κ3) is 4.63. The van der Waals surface area contributed by atoms with E-state index >= 15 is 0 Å². The van der Waals surface area contributed by atoms with E-state index in [0.717, 1.165) is 60.8 Å². The molecule has 2 aliphatic rings. The first-order chi connectivity index (χ1) is 18.1. The molecule has 37 heavy (non-hydrogen) atoms. The van der Waals surface area contributed by atoms with Crippen molar-refractivity contribution >= 4 is 11.6 Å². The minimum Gasteiger partial charge on any atom is -0.350 e. The SMILES string of the molecule is CN1CCN(Cc2ccc(-c3cccc(-c4n[nH]cc4C4NC(=O)c5ccccc5N4C)c3)cc2)CC1. The van der Waals surface area contributed by atoms with Crippen LogP contribution in [0.1, 0.15) is 27.7 Å². The summed E-state index contributed by atoms with van der Waals surface area (Å²) in [5, 5.41) is 10.8. The summed E-state index contributed by atoms with van der Waals surface area (Å²) in [7, 11) is 4.19. The Morgan fingerprint density at radius 3 is 2.43 bits per heavy atom. The maximum atomic E-state index is 12.8. The Morgan fingerprint density at radius 2 is 1.62 bits per heavy atom. The zero-order valence-electron chi connectivity index (χ0n) is 21.3. The van der Waals surface area contributed by atoms with Crippen molar-refractivity contribution in [2.75, 3.05) is 45.2 Å². The van der Waals surface area contributed by atoms with Crippen LogP contribution in [0.15, 0.2) is 79.0 Å². The van der Waals surface area contributed by atoms with Crippen LogP contribution < -0.4 is 10.2 Å². The molecule has 0 spiro atoms. The van der Waals surface area contributed by atoms with Gasteiger partial charge in [0.2, 0.25) is 0 Å². The van der Waals surface area contributed by atoms with E-state index in [0.29, 0.717) is 5.56 Å². The number of nitrogens with one attached hydrogen (secondary N) is 2. The van der Waals surface area contributed by atoms with E-state index < -0.39 is 0 Å². The second-order valence-corrected chi connectivity index (χ2v) is 10.1. The molecule has 188 valence electrons. The highest BCUT2D eigenvalue weighted by Gasteiger charge is 2.31. The van der Waals surface area contributed by atoms with Crippen molar-refractivity contribution in [2.24, 2.45) is 0 Å². The van der Waals surface area contributed by atoms with Gasteiger partial charge in [-0.15, -0.1) is 0 Å². The highest BCUT2D eigenvalue weighted by molar-refractivity contribution is 6.02. The number of hydrogen-bond acceptors (Lipinski definition) is 5. The Kier molecular flexibility index (Phi) is 6.24. The Balaban J connectivity index is 1.24. The van der Waals surface area contributed by atoms with Gasteiger partial charge in [-0.25, -0.2) is 0 Å². The molecule has 0 radical (unpaired) electrons. The highest BCUT2D eigenvalue weighted by Crippen LogP contribution is 2.36. The van der Waals surface area contributed by atoms with E-state index in [-0.39, 0.29) is 12.1 Å². The summed E-state index contributed by atoms with van der Waals surface area (Å²) in [6, 6.07) is 25.0. The second kappa shape index (κ2) is 9.84. The lowest BCUT2D eigenvalue weighted by Gasteiger charge is -2.36. The van der Waals surface area contributed by atoms with E-state index in [4.69, 9.17) is 0 Å². The van der Waals surface area contributed by atoms with Crippen molar-refractivity contribution in [1.29, 1.82) is 0 Å². The molecule has 1 aromatic heterocycles. The number of amides is 1. The van der Waals surface area contributed by atoms with Gasteiger partial charge in [0.25, 0.3) is 5.91 Å². The van der Waals surface area contributed by atoms with Crippen molar-refractivity contribution in [3.8, 4) is 22.4 Å². The number of aromatic nitrogens is 2. The Bertz CT molecular complexity index is 1400. The monoisotopic (exact) mass is 492 g/mol. The average molecular weight is 493 g/mol. The Morgan fingerprint density at radius 1 is 0.865 bits per heavy atom. The van der Waals surface area contributed by atoms with Crippen molar-refractivity contribution in [1.82, 2.24) is 25.3 Å². The van der Waals surface area contributed by atoms with Crippen molar-refractivity contribution < 1.29 is 4.79 Å². The molecule has 7 nitrogen and oxygen atoms in total. The van der Waals surface area contributed by atoms with Gasteiger partial charge in [0.1, 0.15) is 6.17 Å². The lowest BCUT2D eigenvalue weighted by molar-refractivity contribution is 0.0928. The summed E-state index contributed by atoms with van der Waals surface area (Å²) >= 11 is 0. The first kappa shape index (κ1) is 23.5. The Labute approximate surface area is 217 Å². The lowest BCUT2D eigenvalue weighted by Crippen LogP contribution is -2.44. The molecule has 4 aromatic rings. The quantitative estimate of drug-likeness (QED) is 0.433. The summed E-state index contributed by atoms with van der Waals surface area (Å²) < 4.78 is 0. The number of piperazine rings is 1. The molecule has 2 N–H and O–H groups in total.